The molecule has 0 aliphatic rings. The maximum atomic E-state index is 4.24. The summed E-state index contributed by atoms with van der Waals surface area (Å²) in [5.41, 5.74) is 1.78. The molecule has 16 heavy (non-hydrogen) atoms. The van der Waals surface area contributed by atoms with Crippen molar-refractivity contribution in [2.45, 2.75) is 13.5 Å². The topological polar surface area (TPSA) is 63.6 Å². The van der Waals surface area contributed by atoms with Gasteiger partial charge in [-0.05, 0) is 22.9 Å². The van der Waals surface area contributed by atoms with Gasteiger partial charge in [0.1, 0.15) is 12.1 Å². The lowest BCUT2D eigenvalue weighted by Gasteiger charge is -2.05. The molecule has 0 aromatic carbocycles. The lowest BCUT2D eigenvalue weighted by atomic mass is 10.4. The second kappa shape index (κ2) is 4.98. The highest BCUT2D eigenvalue weighted by molar-refractivity contribution is 9.10. The first kappa shape index (κ1) is 10.9. The van der Waals surface area contributed by atoms with Gasteiger partial charge in [-0.15, -0.1) is 0 Å². The van der Waals surface area contributed by atoms with E-state index in [4.69, 9.17) is 0 Å². The third kappa shape index (κ3) is 2.73. The molecule has 0 bridgehead atoms. The van der Waals surface area contributed by atoms with Crippen LogP contribution >= 0.6 is 15.9 Å². The molecule has 82 valence electrons. The lowest BCUT2D eigenvalue weighted by molar-refractivity contribution is 0.970. The first-order valence-electron chi connectivity index (χ1n) is 4.72. The minimum Gasteiger partial charge on any atom is -0.363 e. The van der Waals surface area contributed by atoms with E-state index in [1.807, 2.05) is 6.92 Å². The summed E-state index contributed by atoms with van der Waals surface area (Å²) in [4.78, 5) is 16.4. The van der Waals surface area contributed by atoms with Crippen LogP contribution in [0.1, 0.15) is 11.4 Å². The predicted octanol–water partition coefficient (Wildman–Crippen LogP) is 1.95. The number of nitrogens with zero attached hydrogens (tertiary/aromatic N) is 4. The monoisotopic (exact) mass is 279 g/mol. The summed E-state index contributed by atoms with van der Waals surface area (Å²) in [6, 6.07) is 0. The van der Waals surface area contributed by atoms with Crippen LogP contribution in [0.5, 0.6) is 0 Å². The molecule has 2 heterocycles. The van der Waals surface area contributed by atoms with Crippen LogP contribution in [-0.4, -0.2) is 19.9 Å². The molecule has 0 spiro atoms. The maximum absolute atomic E-state index is 4.24. The Kier molecular flexibility index (Phi) is 3.40. The molecule has 6 heteroatoms. The summed E-state index contributed by atoms with van der Waals surface area (Å²) < 4.78 is 0.829. The molecular formula is C10H10BrN5. The first-order chi connectivity index (χ1) is 7.75. The largest absolute Gasteiger partial charge is 0.363 e. The third-order valence-corrected chi connectivity index (χ3v) is 2.52. The lowest BCUT2D eigenvalue weighted by Crippen LogP contribution is -2.04. The van der Waals surface area contributed by atoms with Crippen molar-refractivity contribution in [1.82, 2.24) is 19.9 Å². The van der Waals surface area contributed by atoms with Crippen LogP contribution in [0.4, 0.5) is 5.82 Å². The fourth-order valence-corrected chi connectivity index (χ4v) is 1.49. The molecule has 1 N–H and O–H groups in total. The van der Waals surface area contributed by atoms with E-state index in [9.17, 15) is 0 Å². The normalized spacial score (nSPS) is 10.1. The molecule has 2 aromatic rings. The van der Waals surface area contributed by atoms with Crippen molar-refractivity contribution < 1.29 is 0 Å². The highest BCUT2D eigenvalue weighted by Crippen LogP contribution is 2.17. The highest BCUT2D eigenvalue weighted by atomic mass is 79.9. The van der Waals surface area contributed by atoms with Gasteiger partial charge in [0.25, 0.3) is 0 Å². The molecule has 2 aromatic heterocycles. The van der Waals surface area contributed by atoms with Gasteiger partial charge in [0.05, 0.1) is 28.6 Å². The predicted molar refractivity (Wildman–Crippen MR) is 63.8 cm³/mol. The minimum atomic E-state index is 0.586. The number of hydrogen-bond acceptors (Lipinski definition) is 5. The summed E-state index contributed by atoms with van der Waals surface area (Å²) in [6.07, 6.45) is 6.67. The quantitative estimate of drug-likeness (QED) is 0.931. The standard InChI is InChI=1S/C10H10BrN5/c1-7-2-14-8(3-13-7)4-15-10-9(11)5-12-6-16-10/h2-3,5-6H,4H2,1H3,(H,12,15,16). The van der Waals surface area contributed by atoms with Crippen LogP contribution in [0.3, 0.4) is 0 Å². The van der Waals surface area contributed by atoms with E-state index in [-0.39, 0.29) is 0 Å². The molecule has 5 nitrogen and oxygen atoms in total. The molecule has 0 radical (unpaired) electrons. The minimum absolute atomic E-state index is 0.586. The van der Waals surface area contributed by atoms with Crippen LogP contribution in [-0.2, 0) is 6.54 Å². The second-order valence-electron chi connectivity index (χ2n) is 3.22. The fraction of sp³-hybridized carbons (Fsp3) is 0.200. The average molecular weight is 280 g/mol. The van der Waals surface area contributed by atoms with Gasteiger partial charge >= 0.3 is 0 Å². The van der Waals surface area contributed by atoms with E-state index in [1.54, 1.807) is 18.6 Å². The van der Waals surface area contributed by atoms with Crippen molar-refractivity contribution in [3.63, 3.8) is 0 Å². The van der Waals surface area contributed by atoms with Gasteiger partial charge in [0.2, 0.25) is 0 Å². The summed E-state index contributed by atoms with van der Waals surface area (Å²) in [7, 11) is 0. The van der Waals surface area contributed by atoms with Crippen molar-refractivity contribution >= 4 is 21.7 Å². The number of anilines is 1. The number of halogens is 1. The van der Waals surface area contributed by atoms with E-state index >= 15 is 0 Å². The Hall–Kier alpha value is -1.56. The van der Waals surface area contributed by atoms with Crippen LogP contribution in [0.2, 0.25) is 0 Å². The summed E-state index contributed by atoms with van der Waals surface area (Å²) >= 11 is 3.36. The number of nitrogens with one attached hydrogen (secondary N) is 1. The Bertz CT molecular complexity index is 471. The van der Waals surface area contributed by atoms with Gasteiger partial charge in [-0.1, -0.05) is 0 Å². The Labute approximate surface area is 102 Å². The highest BCUT2D eigenvalue weighted by Gasteiger charge is 2.00. The molecule has 0 aliphatic heterocycles. The average Bonchev–Trinajstić information content (AvgIpc) is 2.30. The molecule has 0 aliphatic carbocycles. The molecule has 2 rings (SSSR count). The molecule has 0 amide bonds. The molecule has 0 saturated heterocycles. The molecule has 0 atom stereocenters. The first-order valence-corrected chi connectivity index (χ1v) is 5.52. The zero-order chi connectivity index (χ0) is 11.4. The van der Waals surface area contributed by atoms with Gasteiger partial charge in [-0.25, -0.2) is 9.97 Å². The van der Waals surface area contributed by atoms with E-state index in [1.165, 1.54) is 6.33 Å². The Morgan fingerprint density at radius 1 is 1.19 bits per heavy atom. The van der Waals surface area contributed by atoms with Crippen molar-refractivity contribution in [3.05, 3.63) is 40.8 Å². The Balaban J connectivity index is 2.02. The number of hydrogen-bond donors (Lipinski definition) is 1. The van der Waals surface area contributed by atoms with Crippen LogP contribution in [0, 0.1) is 6.92 Å². The molecule has 0 saturated carbocycles. The number of rotatable bonds is 3. The zero-order valence-corrected chi connectivity index (χ0v) is 10.3. The van der Waals surface area contributed by atoms with Gasteiger partial charge < -0.3 is 5.32 Å². The van der Waals surface area contributed by atoms with Crippen LogP contribution in [0.25, 0.3) is 0 Å². The SMILES string of the molecule is Cc1cnc(CNc2ncncc2Br)cn1. The van der Waals surface area contributed by atoms with E-state index < -0.39 is 0 Å². The molecular weight excluding hydrogens is 270 g/mol. The maximum Gasteiger partial charge on any atom is 0.144 e. The van der Waals surface area contributed by atoms with Crippen molar-refractivity contribution in [3.8, 4) is 0 Å². The van der Waals surface area contributed by atoms with E-state index in [0.717, 1.165) is 21.7 Å². The number of aryl methyl sites for hydroxylation is 1. The molecule has 0 fully saturated rings. The fourth-order valence-electron chi connectivity index (χ4n) is 1.13. The Morgan fingerprint density at radius 3 is 2.75 bits per heavy atom. The van der Waals surface area contributed by atoms with Crippen molar-refractivity contribution in [2.75, 3.05) is 5.32 Å². The van der Waals surface area contributed by atoms with Gasteiger partial charge in [-0.2, -0.15) is 0 Å². The van der Waals surface area contributed by atoms with Gasteiger partial charge in [-0.3, -0.25) is 9.97 Å². The van der Waals surface area contributed by atoms with Crippen molar-refractivity contribution in [2.24, 2.45) is 0 Å². The summed E-state index contributed by atoms with van der Waals surface area (Å²) in [5.74, 6) is 0.748. The van der Waals surface area contributed by atoms with Crippen molar-refractivity contribution in [1.29, 1.82) is 0 Å². The van der Waals surface area contributed by atoms with Crippen LogP contribution in [0.15, 0.2) is 29.4 Å². The van der Waals surface area contributed by atoms with Gasteiger partial charge in [0.15, 0.2) is 0 Å². The summed E-state index contributed by atoms with van der Waals surface area (Å²) in [5, 5.41) is 3.15. The third-order valence-electron chi connectivity index (χ3n) is 1.94. The zero-order valence-electron chi connectivity index (χ0n) is 8.68. The van der Waals surface area contributed by atoms with Crippen LogP contribution < -0.4 is 5.32 Å². The Morgan fingerprint density at radius 2 is 2.06 bits per heavy atom. The molecule has 0 unspecified atom stereocenters. The number of aromatic nitrogens is 4. The van der Waals surface area contributed by atoms with E-state index in [2.05, 4.69) is 41.2 Å². The van der Waals surface area contributed by atoms with E-state index in [0.29, 0.717) is 6.54 Å². The summed E-state index contributed by atoms with van der Waals surface area (Å²) in [6.45, 7) is 2.49. The second-order valence-corrected chi connectivity index (χ2v) is 4.08. The van der Waals surface area contributed by atoms with Gasteiger partial charge in [0, 0.05) is 12.4 Å². The smallest absolute Gasteiger partial charge is 0.144 e.